The van der Waals surface area contributed by atoms with Crippen LogP contribution in [0.25, 0.3) is 38.2 Å². The van der Waals surface area contributed by atoms with Crippen LogP contribution in [-0.4, -0.2) is 5.78 Å². The first-order chi connectivity index (χ1) is 18.7. The smallest absolute Gasteiger partial charge is 0.289 e. The average Bonchev–Trinajstić information content (AvgIpc) is 2.97. The van der Waals surface area contributed by atoms with Gasteiger partial charge in [0.2, 0.25) is 0 Å². The fourth-order valence-corrected chi connectivity index (χ4v) is 4.53. The number of hydrogen-bond acceptors (Lipinski definition) is 1. The van der Waals surface area contributed by atoms with E-state index in [0.717, 1.165) is 51.1 Å². The molecule has 0 amide bonds. The molecule has 0 atom stereocenters. The monoisotopic (exact) mass is 517 g/mol. The molecule has 5 heteroatoms. The molecule has 0 aliphatic rings. The summed E-state index contributed by atoms with van der Waals surface area (Å²) in [4.78, 5) is 16.2. The van der Waals surface area contributed by atoms with Gasteiger partial charge in [0.25, 0.3) is 0 Å². The van der Waals surface area contributed by atoms with Crippen molar-refractivity contribution in [3.05, 3.63) is 149 Å². The van der Waals surface area contributed by atoms with Crippen LogP contribution in [0.4, 0.5) is 18.9 Å². The largest absolute Gasteiger partial charge is 0.416 e. The van der Waals surface area contributed by atoms with Gasteiger partial charge in [-0.05, 0) is 58.0 Å². The molecule has 0 radical (unpaired) electrons. The maximum atomic E-state index is 12.8. The molecule has 5 aromatic rings. The van der Waals surface area contributed by atoms with Gasteiger partial charge in [0.1, 0.15) is 0 Å². The summed E-state index contributed by atoms with van der Waals surface area (Å²) in [6.45, 7) is 9.19. The highest BCUT2D eigenvalue weighted by Gasteiger charge is 2.30. The van der Waals surface area contributed by atoms with Gasteiger partial charge in [0, 0.05) is 11.1 Å². The minimum atomic E-state index is -4.44. The fraction of sp³-hybridized carbons (Fsp3) is 0.0588. The molecule has 0 N–H and O–H groups in total. The molecule has 0 aliphatic heterocycles. The maximum Gasteiger partial charge on any atom is 0.416 e. The van der Waals surface area contributed by atoms with E-state index in [-0.39, 0.29) is 11.3 Å². The summed E-state index contributed by atoms with van der Waals surface area (Å²) in [5, 5.41) is 0. The number of hydrogen-bond donors (Lipinski definition) is 0. The van der Waals surface area contributed by atoms with Gasteiger partial charge in [-0.25, -0.2) is 4.85 Å². The van der Waals surface area contributed by atoms with Gasteiger partial charge in [-0.2, -0.15) is 13.2 Å². The van der Waals surface area contributed by atoms with E-state index in [2.05, 4.69) is 42.1 Å². The zero-order chi connectivity index (χ0) is 27.6. The van der Waals surface area contributed by atoms with Crippen LogP contribution in [0.3, 0.4) is 0 Å². The zero-order valence-electron chi connectivity index (χ0n) is 21.0. The third kappa shape index (κ3) is 5.51. The number of carbonyl (C=O) groups is 1. The van der Waals surface area contributed by atoms with E-state index in [4.69, 9.17) is 6.57 Å². The summed E-state index contributed by atoms with van der Waals surface area (Å²) in [6, 6.07) is 33.4. The lowest BCUT2D eigenvalue weighted by molar-refractivity contribution is -0.137. The second-order valence-corrected chi connectivity index (χ2v) is 9.25. The predicted octanol–water partition coefficient (Wildman–Crippen LogP) is 9.80. The number of aryl methyl sites for hydroxylation is 1. The van der Waals surface area contributed by atoms with Gasteiger partial charge >= 0.3 is 6.18 Å². The molecule has 190 valence electrons. The topological polar surface area (TPSA) is 21.4 Å². The fourth-order valence-electron chi connectivity index (χ4n) is 4.53. The van der Waals surface area contributed by atoms with Gasteiger partial charge in [-0.3, -0.25) is 4.79 Å². The SMILES string of the molecule is [C-]#[N+]c1ccc(-c2ccc(-c3ccc(-c4ccc(C(=O)c5ccc(C(F)(F)F)cc5)cc4)cc3)cc2C)cc1. The third-order valence-corrected chi connectivity index (χ3v) is 6.71. The van der Waals surface area contributed by atoms with Crippen molar-refractivity contribution in [2.45, 2.75) is 13.1 Å². The molecule has 0 fully saturated rings. The molecule has 0 spiro atoms. The van der Waals surface area contributed by atoms with Crippen molar-refractivity contribution in [3.8, 4) is 33.4 Å². The zero-order valence-corrected chi connectivity index (χ0v) is 21.0. The second kappa shape index (κ2) is 10.4. The highest BCUT2D eigenvalue weighted by atomic mass is 19.4. The third-order valence-electron chi connectivity index (χ3n) is 6.71. The van der Waals surface area contributed by atoms with Crippen LogP contribution in [0.2, 0.25) is 0 Å². The van der Waals surface area contributed by atoms with Crippen LogP contribution in [0.5, 0.6) is 0 Å². The summed E-state index contributed by atoms with van der Waals surface area (Å²) in [5.74, 6) is -0.327. The van der Waals surface area contributed by atoms with Gasteiger partial charge < -0.3 is 0 Å². The van der Waals surface area contributed by atoms with Crippen LogP contribution < -0.4 is 0 Å². The number of nitrogens with zero attached hydrogens (tertiary/aromatic N) is 1. The second-order valence-electron chi connectivity index (χ2n) is 9.25. The average molecular weight is 518 g/mol. The van der Waals surface area contributed by atoms with E-state index in [9.17, 15) is 18.0 Å². The Hall–Kier alpha value is -4.95. The lowest BCUT2D eigenvalue weighted by Crippen LogP contribution is -2.06. The molecular weight excluding hydrogens is 495 g/mol. The van der Waals surface area contributed by atoms with Gasteiger partial charge in [0.15, 0.2) is 11.5 Å². The van der Waals surface area contributed by atoms with Crippen molar-refractivity contribution < 1.29 is 18.0 Å². The standard InChI is InChI=1S/C34H22F3NO/c1-22-21-29(15-20-32(22)26-13-18-31(38-2)19-14-26)25-5-3-23(4-6-25)24-7-9-27(10-8-24)33(39)28-11-16-30(17-12-28)34(35,36)37/h3-21H,1H3. The molecule has 0 aromatic heterocycles. The molecule has 0 aliphatic carbocycles. The van der Waals surface area contributed by atoms with Crippen LogP contribution in [-0.2, 0) is 6.18 Å². The van der Waals surface area contributed by atoms with Crippen molar-refractivity contribution in [2.24, 2.45) is 0 Å². The molecule has 39 heavy (non-hydrogen) atoms. The molecular formula is C34H22F3NO. The molecule has 5 aromatic carbocycles. The first-order valence-corrected chi connectivity index (χ1v) is 12.2. The normalized spacial score (nSPS) is 11.2. The minimum absolute atomic E-state index is 0.210. The summed E-state index contributed by atoms with van der Waals surface area (Å²) in [6.07, 6.45) is -4.44. The van der Waals surface area contributed by atoms with Crippen LogP contribution in [0.1, 0.15) is 27.0 Å². The van der Waals surface area contributed by atoms with Crippen LogP contribution in [0.15, 0.2) is 115 Å². The predicted molar refractivity (Wildman–Crippen MR) is 149 cm³/mol. The summed E-state index contributed by atoms with van der Waals surface area (Å²) < 4.78 is 38.4. The van der Waals surface area contributed by atoms with E-state index in [1.54, 1.807) is 12.1 Å². The lowest BCUT2D eigenvalue weighted by Gasteiger charge is -2.11. The van der Waals surface area contributed by atoms with Gasteiger partial charge in [-0.1, -0.05) is 103 Å². The highest BCUT2D eigenvalue weighted by Crippen LogP contribution is 2.32. The maximum absolute atomic E-state index is 12.8. The van der Waals surface area contributed by atoms with E-state index in [1.807, 2.05) is 48.5 Å². The quantitative estimate of drug-likeness (QED) is 0.168. The lowest BCUT2D eigenvalue weighted by atomic mass is 9.94. The number of alkyl halides is 3. The van der Waals surface area contributed by atoms with E-state index in [0.29, 0.717) is 11.3 Å². The summed E-state index contributed by atoms with van der Waals surface area (Å²) >= 11 is 0. The first-order valence-electron chi connectivity index (χ1n) is 12.2. The Labute approximate surface area is 224 Å². The Morgan fingerprint density at radius 3 is 1.54 bits per heavy atom. The Morgan fingerprint density at radius 1 is 0.615 bits per heavy atom. The number of carbonyl (C=O) groups excluding carboxylic acids is 1. The molecule has 0 saturated carbocycles. The van der Waals surface area contributed by atoms with Crippen LogP contribution in [0, 0.1) is 13.5 Å². The Bertz CT molecular complexity index is 1680. The Balaban J connectivity index is 1.31. The molecule has 5 rings (SSSR count). The van der Waals surface area contributed by atoms with Gasteiger partial charge in [-0.15, -0.1) is 0 Å². The van der Waals surface area contributed by atoms with Crippen molar-refractivity contribution >= 4 is 11.5 Å². The number of benzene rings is 5. The first kappa shape index (κ1) is 25.7. The Kier molecular flexibility index (Phi) is 6.87. The number of halogens is 3. The van der Waals surface area contributed by atoms with Crippen molar-refractivity contribution in [1.29, 1.82) is 0 Å². The van der Waals surface area contributed by atoms with Crippen LogP contribution >= 0.6 is 0 Å². The molecule has 2 nitrogen and oxygen atoms in total. The van der Waals surface area contributed by atoms with Crippen molar-refractivity contribution in [2.75, 3.05) is 0 Å². The highest BCUT2D eigenvalue weighted by molar-refractivity contribution is 6.09. The van der Waals surface area contributed by atoms with E-state index >= 15 is 0 Å². The molecule has 0 bridgehead atoms. The minimum Gasteiger partial charge on any atom is -0.289 e. The number of rotatable bonds is 5. The van der Waals surface area contributed by atoms with Crippen molar-refractivity contribution in [3.63, 3.8) is 0 Å². The molecule has 0 saturated heterocycles. The van der Waals surface area contributed by atoms with E-state index < -0.39 is 11.7 Å². The molecule has 0 unspecified atom stereocenters. The Morgan fingerprint density at radius 2 is 1.05 bits per heavy atom. The van der Waals surface area contributed by atoms with Gasteiger partial charge in [0.05, 0.1) is 12.1 Å². The summed E-state index contributed by atoms with van der Waals surface area (Å²) in [5.41, 5.74) is 7.88. The molecule has 0 heterocycles. The van der Waals surface area contributed by atoms with E-state index in [1.165, 1.54) is 12.1 Å². The van der Waals surface area contributed by atoms with Crippen molar-refractivity contribution in [1.82, 2.24) is 0 Å². The summed E-state index contributed by atoms with van der Waals surface area (Å²) in [7, 11) is 0. The number of ketones is 1.